The van der Waals surface area contributed by atoms with E-state index in [2.05, 4.69) is 9.98 Å². The van der Waals surface area contributed by atoms with Crippen molar-refractivity contribution in [2.75, 3.05) is 19.8 Å². The quantitative estimate of drug-likeness (QED) is 0.568. The summed E-state index contributed by atoms with van der Waals surface area (Å²) < 4.78 is 9.84. The molecule has 0 aromatic heterocycles. The fraction of sp³-hybridized carbons (Fsp3) is 0.556. The third kappa shape index (κ3) is 4.30. The lowest BCUT2D eigenvalue weighted by Gasteiger charge is -2.02. The number of nitrogens with zero attached hydrogens (tertiary/aromatic N) is 2. The Morgan fingerprint density at radius 1 is 1.23 bits per heavy atom. The predicted molar refractivity (Wildman–Crippen MR) is 52.1 cm³/mol. The minimum Gasteiger partial charge on any atom is -0.479 e. The van der Waals surface area contributed by atoms with Crippen LogP contribution in [-0.4, -0.2) is 31.6 Å². The van der Waals surface area contributed by atoms with Gasteiger partial charge >= 0.3 is 0 Å². The highest BCUT2D eigenvalue weighted by molar-refractivity contribution is 5.74. The molecule has 0 aromatic rings. The van der Waals surface area contributed by atoms with Gasteiger partial charge in [-0.2, -0.15) is 0 Å². The molecule has 0 N–H and O–H groups in total. The standard InChI is InChI=1S/C5H7NO.C4H7NO/c1-5-6-3-2-4-7-5;1-4-5-2-3-6-4/h2-3H,4H2,1H3;2-3H2,1H3. The summed E-state index contributed by atoms with van der Waals surface area (Å²) >= 11 is 0. The molecule has 0 unspecified atom stereocenters. The van der Waals surface area contributed by atoms with Crippen LogP contribution in [0.25, 0.3) is 0 Å². The van der Waals surface area contributed by atoms with E-state index < -0.39 is 0 Å². The Kier molecular flexibility index (Phi) is 4.02. The largest absolute Gasteiger partial charge is 0.479 e. The van der Waals surface area contributed by atoms with E-state index in [4.69, 9.17) is 9.47 Å². The molecule has 0 saturated heterocycles. The van der Waals surface area contributed by atoms with Gasteiger partial charge in [0, 0.05) is 20.0 Å². The molecule has 4 heteroatoms. The average Bonchev–Trinajstić information content (AvgIpc) is 2.58. The van der Waals surface area contributed by atoms with E-state index in [0.29, 0.717) is 6.61 Å². The maximum atomic E-state index is 4.94. The molecule has 0 amide bonds. The zero-order valence-electron chi connectivity index (χ0n) is 7.99. The Hall–Kier alpha value is -1.32. The van der Waals surface area contributed by atoms with E-state index in [0.717, 1.165) is 24.9 Å². The molecular weight excluding hydrogens is 168 g/mol. The summed E-state index contributed by atoms with van der Waals surface area (Å²) in [5, 5.41) is 0. The van der Waals surface area contributed by atoms with Gasteiger partial charge in [0.1, 0.15) is 13.2 Å². The Balaban J connectivity index is 0.000000132. The second kappa shape index (κ2) is 5.35. The third-order valence-corrected chi connectivity index (χ3v) is 1.49. The van der Waals surface area contributed by atoms with Crippen molar-refractivity contribution >= 4 is 11.8 Å². The maximum Gasteiger partial charge on any atom is 0.184 e. The van der Waals surface area contributed by atoms with Crippen LogP contribution in [0, 0.1) is 0 Å². The topological polar surface area (TPSA) is 43.2 Å². The number of rotatable bonds is 0. The van der Waals surface area contributed by atoms with Crippen molar-refractivity contribution in [2.24, 2.45) is 9.98 Å². The summed E-state index contributed by atoms with van der Waals surface area (Å²) in [6, 6.07) is 0. The zero-order chi connectivity index (χ0) is 9.52. The molecule has 0 aromatic carbocycles. The fourth-order valence-electron chi connectivity index (χ4n) is 0.849. The first kappa shape index (κ1) is 9.77. The number of ether oxygens (including phenoxy) is 2. The van der Waals surface area contributed by atoms with Gasteiger partial charge in [-0.05, 0) is 6.08 Å². The first-order chi connectivity index (χ1) is 6.29. The van der Waals surface area contributed by atoms with E-state index in [-0.39, 0.29) is 0 Å². The van der Waals surface area contributed by atoms with Crippen LogP contribution < -0.4 is 0 Å². The lowest BCUT2D eigenvalue weighted by atomic mass is 10.6. The summed E-state index contributed by atoms with van der Waals surface area (Å²) in [6.45, 7) is 6.02. The van der Waals surface area contributed by atoms with Crippen LogP contribution in [0.4, 0.5) is 0 Å². The molecule has 72 valence electrons. The molecule has 0 aliphatic carbocycles. The van der Waals surface area contributed by atoms with Crippen LogP contribution in [0.1, 0.15) is 13.8 Å². The van der Waals surface area contributed by atoms with Gasteiger partial charge in [-0.15, -0.1) is 0 Å². The minimum atomic E-state index is 0.676. The molecule has 0 atom stereocenters. The number of hydrogen-bond acceptors (Lipinski definition) is 4. The van der Waals surface area contributed by atoms with Crippen molar-refractivity contribution in [3.8, 4) is 0 Å². The average molecular weight is 182 g/mol. The summed E-state index contributed by atoms with van der Waals surface area (Å²) in [5.41, 5.74) is 0. The van der Waals surface area contributed by atoms with Gasteiger partial charge in [0.25, 0.3) is 0 Å². The minimum absolute atomic E-state index is 0.676. The fourth-order valence-corrected chi connectivity index (χ4v) is 0.849. The summed E-state index contributed by atoms with van der Waals surface area (Å²) in [5.74, 6) is 1.58. The van der Waals surface area contributed by atoms with Crippen LogP contribution in [0.15, 0.2) is 22.3 Å². The van der Waals surface area contributed by atoms with Crippen LogP contribution in [0.3, 0.4) is 0 Å². The first-order valence-corrected chi connectivity index (χ1v) is 4.25. The highest BCUT2D eigenvalue weighted by Gasteiger charge is 1.96. The number of aliphatic imine (C=N–C) groups is 2. The Morgan fingerprint density at radius 2 is 2.08 bits per heavy atom. The van der Waals surface area contributed by atoms with E-state index in [1.165, 1.54) is 0 Å². The normalized spacial score (nSPS) is 18.9. The van der Waals surface area contributed by atoms with E-state index in [1.54, 1.807) is 6.20 Å². The van der Waals surface area contributed by atoms with Crippen molar-refractivity contribution < 1.29 is 9.47 Å². The van der Waals surface area contributed by atoms with Gasteiger partial charge in [0.05, 0.1) is 6.54 Å². The molecule has 0 radical (unpaired) electrons. The first-order valence-electron chi connectivity index (χ1n) is 4.25. The molecule has 0 bridgehead atoms. The molecule has 2 heterocycles. The molecule has 0 spiro atoms. The van der Waals surface area contributed by atoms with Crippen molar-refractivity contribution in [2.45, 2.75) is 13.8 Å². The van der Waals surface area contributed by atoms with Crippen molar-refractivity contribution in [3.63, 3.8) is 0 Å². The highest BCUT2D eigenvalue weighted by Crippen LogP contribution is 1.90. The van der Waals surface area contributed by atoms with Gasteiger partial charge in [-0.1, -0.05) is 0 Å². The second-order valence-electron chi connectivity index (χ2n) is 2.59. The maximum absolute atomic E-state index is 4.94. The van der Waals surface area contributed by atoms with Crippen LogP contribution in [0.2, 0.25) is 0 Å². The van der Waals surface area contributed by atoms with Gasteiger partial charge in [-0.25, -0.2) is 4.99 Å². The lowest BCUT2D eigenvalue weighted by Crippen LogP contribution is -2.01. The van der Waals surface area contributed by atoms with Gasteiger partial charge in [0.2, 0.25) is 0 Å². The molecule has 2 aliphatic rings. The van der Waals surface area contributed by atoms with E-state index in [1.807, 2.05) is 19.9 Å². The predicted octanol–water partition coefficient (Wildman–Crippen LogP) is 1.38. The van der Waals surface area contributed by atoms with Crippen molar-refractivity contribution in [1.29, 1.82) is 0 Å². The highest BCUT2D eigenvalue weighted by atomic mass is 16.5. The summed E-state index contributed by atoms with van der Waals surface area (Å²) in [6.07, 6.45) is 3.62. The molecule has 0 fully saturated rings. The van der Waals surface area contributed by atoms with Gasteiger partial charge in [0.15, 0.2) is 11.8 Å². The van der Waals surface area contributed by atoms with Crippen LogP contribution in [-0.2, 0) is 9.47 Å². The van der Waals surface area contributed by atoms with E-state index in [9.17, 15) is 0 Å². The second-order valence-corrected chi connectivity index (χ2v) is 2.59. The molecule has 13 heavy (non-hydrogen) atoms. The monoisotopic (exact) mass is 182 g/mol. The smallest absolute Gasteiger partial charge is 0.184 e. The van der Waals surface area contributed by atoms with Crippen LogP contribution in [0.5, 0.6) is 0 Å². The summed E-state index contributed by atoms with van der Waals surface area (Å²) in [7, 11) is 0. The van der Waals surface area contributed by atoms with E-state index >= 15 is 0 Å². The van der Waals surface area contributed by atoms with Crippen molar-refractivity contribution in [1.82, 2.24) is 0 Å². The number of hydrogen-bond donors (Lipinski definition) is 0. The Morgan fingerprint density at radius 3 is 2.31 bits per heavy atom. The molecule has 4 nitrogen and oxygen atoms in total. The molecule has 2 rings (SSSR count). The molecular formula is C9H14N2O2. The molecule has 2 aliphatic heterocycles. The third-order valence-electron chi connectivity index (χ3n) is 1.49. The van der Waals surface area contributed by atoms with Crippen LogP contribution >= 0.6 is 0 Å². The summed E-state index contributed by atoms with van der Waals surface area (Å²) in [4.78, 5) is 7.77. The van der Waals surface area contributed by atoms with Gasteiger partial charge in [-0.3, -0.25) is 4.99 Å². The molecule has 0 saturated carbocycles. The Bertz CT molecular complexity index is 244. The lowest BCUT2D eigenvalue weighted by molar-refractivity contribution is 0.342. The van der Waals surface area contributed by atoms with Gasteiger partial charge < -0.3 is 9.47 Å². The Labute approximate surface area is 78.0 Å². The zero-order valence-corrected chi connectivity index (χ0v) is 7.99. The van der Waals surface area contributed by atoms with Crippen molar-refractivity contribution in [3.05, 3.63) is 12.3 Å². The SMILES string of the molecule is CC1=NC=CCO1.CC1=NCCO1.